The molecule has 1 atom stereocenters. The number of carbonyl (C=O) groups excluding carboxylic acids is 3. The highest BCUT2D eigenvalue weighted by molar-refractivity contribution is 7.23. The third kappa shape index (κ3) is 3.50. The van der Waals surface area contributed by atoms with Crippen molar-refractivity contribution >= 4 is 44.1 Å². The number of urea groups is 1. The summed E-state index contributed by atoms with van der Waals surface area (Å²) in [6.45, 7) is 3.14. The molecule has 3 heterocycles. The second kappa shape index (κ2) is 7.94. The maximum Gasteiger partial charge on any atom is 0.319 e. The molecular weight excluding hydrogens is 426 g/mol. The molecule has 1 fully saturated rings. The van der Waals surface area contributed by atoms with Crippen LogP contribution in [0.2, 0.25) is 0 Å². The lowest BCUT2D eigenvalue weighted by molar-refractivity contribution is 0.0429. The zero-order valence-corrected chi connectivity index (χ0v) is 18.5. The Morgan fingerprint density at radius 1 is 1.16 bits per heavy atom. The SMILES string of the molecule is CCNC(=O)Nc1sc2ccccc2c1C(=O)N1CCC2(CC(=O)c3ccccc3O2)C1. The number of ether oxygens (including phenoxy) is 1. The summed E-state index contributed by atoms with van der Waals surface area (Å²) in [4.78, 5) is 40.3. The molecule has 2 aromatic carbocycles. The molecule has 2 N–H and O–H groups in total. The van der Waals surface area contributed by atoms with Gasteiger partial charge in [-0.25, -0.2) is 4.79 Å². The van der Waals surface area contributed by atoms with E-state index >= 15 is 0 Å². The van der Waals surface area contributed by atoms with Crippen molar-refractivity contribution in [1.29, 1.82) is 0 Å². The summed E-state index contributed by atoms with van der Waals surface area (Å²) in [6, 6.07) is 14.5. The smallest absolute Gasteiger partial charge is 0.319 e. The van der Waals surface area contributed by atoms with Crippen LogP contribution >= 0.6 is 11.3 Å². The summed E-state index contributed by atoms with van der Waals surface area (Å²) >= 11 is 1.38. The van der Waals surface area contributed by atoms with Gasteiger partial charge in [-0.2, -0.15) is 0 Å². The number of para-hydroxylation sites is 1. The summed E-state index contributed by atoms with van der Waals surface area (Å²) in [5.74, 6) is 0.458. The molecule has 3 aromatic rings. The highest BCUT2D eigenvalue weighted by atomic mass is 32.1. The number of Topliss-reactive ketones (excluding diaryl/α,β-unsaturated/α-hetero) is 1. The van der Waals surface area contributed by atoms with Gasteiger partial charge in [0, 0.05) is 29.6 Å². The van der Waals surface area contributed by atoms with E-state index in [4.69, 9.17) is 4.74 Å². The number of nitrogens with zero attached hydrogens (tertiary/aromatic N) is 1. The standard InChI is InChI=1S/C24H23N3O4S/c1-2-25-23(30)26-21-20(16-8-4-6-10-19(16)32-21)22(29)27-12-11-24(14-27)13-17(28)15-7-3-5-9-18(15)31-24/h3-10H,2,11-14H2,1H3,(H2,25,26,30). The van der Waals surface area contributed by atoms with Crippen LogP contribution in [-0.4, -0.2) is 47.9 Å². The number of hydrogen-bond acceptors (Lipinski definition) is 5. The minimum absolute atomic E-state index is 0.0423. The third-order valence-corrected chi connectivity index (χ3v) is 7.06. The quantitative estimate of drug-likeness (QED) is 0.624. The Labute approximate surface area is 189 Å². The zero-order chi connectivity index (χ0) is 22.3. The Morgan fingerprint density at radius 2 is 1.94 bits per heavy atom. The molecule has 1 aromatic heterocycles. The lowest BCUT2D eigenvalue weighted by Crippen LogP contribution is -2.45. The summed E-state index contributed by atoms with van der Waals surface area (Å²) in [6.07, 6.45) is 0.835. The molecule has 1 unspecified atom stereocenters. The van der Waals surface area contributed by atoms with Gasteiger partial charge in [-0.05, 0) is 25.1 Å². The fraction of sp³-hybridized carbons (Fsp3) is 0.292. The van der Waals surface area contributed by atoms with Gasteiger partial charge in [0.15, 0.2) is 5.78 Å². The summed E-state index contributed by atoms with van der Waals surface area (Å²) < 4.78 is 7.20. The van der Waals surface area contributed by atoms with Crippen LogP contribution in [0.25, 0.3) is 10.1 Å². The maximum atomic E-state index is 13.7. The van der Waals surface area contributed by atoms with Crippen LogP contribution in [0.3, 0.4) is 0 Å². The number of carbonyl (C=O) groups is 3. The molecule has 164 valence electrons. The van der Waals surface area contributed by atoms with E-state index in [2.05, 4.69) is 10.6 Å². The molecule has 2 aliphatic heterocycles. The summed E-state index contributed by atoms with van der Waals surface area (Å²) in [5.41, 5.74) is 0.372. The van der Waals surface area contributed by atoms with Crippen molar-refractivity contribution in [1.82, 2.24) is 10.2 Å². The van der Waals surface area contributed by atoms with Gasteiger partial charge in [0.25, 0.3) is 5.91 Å². The number of thiophene rings is 1. The summed E-state index contributed by atoms with van der Waals surface area (Å²) in [5, 5.41) is 6.87. The topological polar surface area (TPSA) is 87.7 Å². The van der Waals surface area contributed by atoms with E-state index in [1.165, 1.54) is 11.3 Å². The van der Waals surface area contributed by atoms with Crippen molar-refractivity contribution in [3.8, 4) is 5.75 Å². The Morgan fingerprint density at radius 3 is 2.78 bits per heavy atom. The number of ketones is 1. The molecular formula is C24H23N3O4S. The molecule has 7 nitrogen and oxygen atoms in total. The maximum absolute atomic E-state index is 13.7. The van der Waals surface area contributed by atoms with Crippen molar-refractivity contribution in [3.05, 3.63) is 59.7 Å². The first-order chi connectivity index (χ1) is 15.5. The molecule has 32 heavy (non-hydrogen) atoms. The number of fused-ring (bicyclic) bond motifs is 2. The number of hydrogen-bond donors (Lipinski definition) is 2. The van der Waals surface area contributed by atoms with Crippen LogP contribution in [0.1, 0.15) is 40.5 Å². The van der Waals surface area contributed by atoms with Gasteiger partial charge in [-0.3, -0.25) is 14.9 Å². The molecule has 0 aliphatic carbocycles. The van der Waals surface area contributed by atoms with Gasteiger partial charge >= 0.3 is 6.03 Å². The highest BCUT2D eigenvalue weighted by Gasteiger charge is 2.47. The lowest BCUT2D eigenvalue weighted by atomic mass is 9.89. The number of nitrogens with one attached hydrogen (secondary N) is 2. The van der Waals surface area contributed by atoms with E-state index in [0.29, 0.717) is 47.9 Å². The summed E-state index contributed by atoms with van der Waals surface area (Å²) in [7, 11) is 0. The second-order valence-corrected chi connectivity index (χ2v) is 9.20. The molecule has 0 bridgehead atoms. The van der Waals surface area contributed by atoms with E-state index in [0.717, 1.165) is 10.1 Å². The second-order valence-electron chi connectivity index (χ2n) is 8.14. The highest BCUT2D eigenvalue weighted by Crippen LogP contribution is 2.41. The van der Waals surface area contributed by atoms with E-state index in [9.17, 15) is 14.4 Å². The molecule has 0 saturated carbocycles. The van der Waals surface area contributed by atoms with Crippen LogP contribution in [0, 0.1) is 0 Å². The number of amides is 3. The minimum Gasteiger partial charge on any atom is -0.484 e. The first-order valence-electron chi connectivity index (χ1n) is 10.7. The van der Waals surface area contributed by atoms with Gasteiger partial charge in [0.1, 0.15) is 16.4 Å². The van der Waals surface area contributed by atoms with Gasteiger partial charge in [-0.15, -0.1) is 11.3 Å². The van der Waals surface area contributed by atoms with Crippen LogP contribution in [-0.2, 0) is 0 Å². The lowest BCUT2D eigenvalue weighted by Gasteiger charge is -2.34. The first-order valence-corrected chi connectivity index (χ1v) is 11.5. The number of rotatable bonds is 3. The fourth-order valence-corrected chi connectivity index (χ4v) is 5.59. The van der Waals surface area contributed by atoms with Crippen molar-refractivity contribution in [2.75, 3.05) is 25.0 Å². The van der Waals surface area contributed by atoms with E-state index in [-0.39, 0.29) is 24.1 Å². The first kappa shape index (κ1) is 20.5. The van der Waals surface area contributed by atoms with Gasteiger partial charge in [0.05, 0.1) is 24.1 Å². The molecule has 2 aliphatic rings. The Balaban J connectivity index is 1.44. The average molecular weight is 450 g/mol. The van der Waals surface area contributed by atoms with Crippen LogP contribution in [0.15, 0.2) is 48.5 Å². The predicted octanol–water partition coefficient (Wildman–Crippen LogP) is 4.29. The molecule has 8 heteroatoms. The van der Waals surface area contributed by atoms with Crippen LogP contribution in [0.4, 0.5) is 9.80 Å². The number of anilines is 1. The Hall–Kier alpha value is -3.39. The van der Waals surface area contributed by atoms with Gasteiger partial charge in [0.2, 0.25) is 0 Å². The molecule has 0 radical (unpaired) electrons. The van der Waals surface area contributed by atoms with Crippen molar-refractivity contribution in [3.63, 3.8) is 0 Å². The molecule has 1 spiro atoms. The molecule has 3 amide bonds. The van der Waals surface area contributed by atoms with Crippen molar-refractivity contribution in [2.45, 2.75) is 25.4 Å². The fourth-order valence-electron chi connectivity index (χ4n) is 4.50. The zero-order valence-electron chi connectivity index (χ0n) is 17.6. The molecule has 1 saturated heterocycles. The number of benzene rings is 2. The average Bonchev–Trinajstić information content (AvgIpc) is 3.34. The van der Waals surface area contributed by atoms with E-state index in [1.807, 2.05) is 43.3 Å². The number of likely N-dealkylation sites (tertiary alicyclic amines) is 1. The molecule has 5 rings (SSSR count). The normalized spacial score (nSPS) is 19.7. The third-order valence-electron chi connectivity index (χ3n) is 5.97. The van der Waals surface area contributed by atoms with Gasteiger partial charge < -0.3 is 15.0 Å². The van der Waals surface area contributed by atoms with Crippen LogP contribution < -0.4 is 15.4 Å². The van der Waals surface area contributed by atoms with Crippen molar-refractivity contribution in [2.24, 2.45) is 0 Å². The Kier molecular flexibility index (Phi) is 5.09. The van der Waals surface area contributed by atoms with Crippen molar-refractivity contribution < 1.29 is 19.1 Å². The predicted molar refractivity (Wildman–Crippen MR) is 124 cm³/mol. The Bertz CT molecular complexity index is 1240. The monoisotopic (exact) mass is 449 g/mol. The largest absolute Gasteiger partial charge is 0.484 e. The van der Waals surface area contributed by atoms with Crippen LogP contribution in [0.5, 0.6) is 5.75 Å². The van der Waals surface area contributed by atoms with E-state index < -0.39 is 5.60 Å². The van der Waals surface area contributed by atoms with Gasteiger partial charge in [-0.1, -0.05) is 30.3 Å². The minimum atomic E-state index is -0.708. The van der Waals surface area contributed by atoms with E-state index in [1.54, 1.807) is 17.0 Å².